The van der Waals surface area contributed by atoms with Gasteiger partial charge in [-0.1, -0.05) is 30.3 Å². The van der Waals surface area contributed by atoms with E-state index in [1.807, 2.05) is 30.0 Å². The van der Waals surface area contributed by atoms with Crippen molar-refractivity contribution in [3.63, 3.8) is 0 Å². The second kappa shape index (κ2) is 7.50. The molecule has 1 aromatic rings. The molecule has 2 amide bonds. The Labute approximate surface area is 130 Å². The predicted molar refractivity (Wildman–Crippen MR) is 86.0 cm³/mol. The van der Waals surface area contributed by atoms with E-state index in [0.29, 0.717) is 26.2 Å². The summed E-state index contributed by atoms with van der Waals surface area (Å²) in [6.45, 7) is 6.14. The lowest BCUT2D eigenvalue weighted by Gasteiger charge is -2.35. The summed E-state index contributed by atoms with van der Waals surface area (Å²) in [5.74, 6) is 1.12. The first-order valence-corrected chi connectivity index (χ1v) is 8.32. The summed E-state index contributed by atoms with van der Waals surface area (Å²) < 4.78 is 0. The molecular formula is C16H22N2O2S. The largest absolute Gasteiger partial charge is 0.339 e. The number of hydrogen-bond acceptors (Lipinski definition) is 3. The predicted octanol–water partition coefficient (Wildman–Crippen LogP) is 2.00. The molecule has 0 saturated carbocycles. The molecule has 4 nitrogen and oxygen atoms in total. The lowest BCUT2D eigenvalue weighted by atomic mass is 10.2. The molecule has 0 aromatic heterocycles. The van der Waals surface area contributed by atoms with E-state index >= 15 is 0 Å². The van der Waals surface area contributed by atoms with Crippen LogP contribution in [0.15, 0.2) is 30.3 Å². The zero-order valence-corrected chi connectivity index (χ0v) is 13.4. The number of rotatable bonds is 4. The van der Waals surface area contributed by atoms with E-state index in [-0.39, 0.29) is 17.1 Å². The number of carbonyl (C=O) groups excluding carboxylic acids is 2. The molecular weight excluding hydrogens is 284 g/mol. The minimum absolute atomic E-state index is 0.0471. The summed E-state index contributed by atoms with van der Waals surface area (Å²) in [6.07, 6.45) is 0. The van der Waals surface area contributed by atoms with Gasteiger partial charge in [-0.3, -0.25) is 9.59 Å². The molecule has 5 heteroatoms. The van der Waals surface area contributed by atoms with Crippen LogP contribution in [0.25, 0.3) is 0 Å². The fourth-order valence-corrected chi connectivity index (χ4v) is 3.29. The van der Waals surface area contributed by atoms with Gasteiger partial charge in [-0.2, -0.15) is 0 Å². The van der Waals surface area contributed by atoms with Crippen LogP contribution in [0.3, 0.4) is 0 Å². The first-order valence-electron chi connectivity index (χ1n) is 7.28. The van der Waals surface area contributed by atoms with Crippen molar-refractivity contribution in [1.82, 2.24) is 9.80 Å². The molecule has 21 heavy (non-hydrogen) atoms. The van der Waals surface area contributed by atoms with Gasteiger partial charge in [-0.25, -0.2) is 0 Å². The fourth-order valence-electron chi connectivity index (χ4n) is 2.37. The number of thioether (sulfide) groups is 1. The average molecular weight is 306 g/mol. The molecule has 0 bridgehead atoms. The molecule has 1 aromatic carbocycles. The minimum atomic E-state index is -0.0471. The lowest BCUT2D eigenvalue weighted by Crippen LogP contribution is -2.51. The van der Waals surface area contributed by atoms with Crippen molar-refractivity contribution < 1.29 is 9.59 Å². The fraction of sp³-hybridized carbons (Fsp3) is 0.500. The van der Waals surface area contributed by atoms with Crippen molar-refractivity contribution >= 4 is 23.6 Å². The monoisotopic (exact) mass is 306 g/mol. The zero-order chi connectivity index (χ0) is 15.2. The summed E-state index contributed by atoms with van der Waals surface area (Å²) in [4.78, 5) is 27.4. The molecule has 1 aliphatic rings. The van der Waals surface area contributed by atoms with Crippen molar-refractivity contribution in [3.05, 3.63) is 35.9 Å². The van der Waals surface area contributed by atoms with Crippen molar-refractivity contribution in [2.24, 2.45) is 0 Å². The molecule has 1 unspecified atom stereocenters. The normalized spacial score (nSPS) is 16.7. The van der Waals surface area contributed by atoms with E-state index in [2.05, 4.69) is 12.1 Å². The third-order valence-electron chi connectivity index (χ3n) is 3.73. The maximum atomic E-state index is 12.4. The number of carbonyl (C=O) groups is 2. The molecule has 0 aliphatic carbocycles. The summed E-state index contributed by atoms with van der Waals surface area (Å²) >= 11 is 1.67. The van der Waals surface area contributed by atoms with E-state index in [1.165, 1.54) is 5.56 Å². The van der Waals surface area contributed by atoms with Gasteiger partial charge in [-0.15, -0.1) is 11.8 Å². The highest BCUT2D eigenvalue weighted by molar-refractivity contribution is 7.99. The van der Waals surface area contributed by atoms with Gasteiger partial charge < -0.3 is 9.80 Å². The van der Waals surface area contributed by atoms with E-state index < -0.39 is 0 Å². The van der Waals surface area contributed by atoms with Crippen LogP contribution >= 0.6 is 11.8 Å². The third-order valence-corrected chi connectivity index (χ3v) is 4.93. The van der Waals surface area contributed by atoms with Gasteiger partial charge in [0.15, 0.2) is 0 Å². The third kappa shape index (κ3) is 4.49. The average Bonchev–Trinajstić information content (AvgIpc) is 2.53. The minimum Gasteiger partial charge on any atom is -0.339 e. The van der Waals surface area contributed by atoms with Crippen LogP contribution in [0.2, 0.25) is 0 Å². The number of amides is 2. The van der Waals surface area contributed by atoms with Crippen LogP contribution in [-0.2, 0) is 15.3 Å². The van der Waals surface area contributed by atoms with Crippen molar-refractivity contribution in [3.8, 4) is 0 Å². The Balaban J connectivity index is 1.79. The number of nitrogens with zero attached hydrogens (tertiary/aromatic N) is 2. The van der Waals surface area contributed by atoms with Crippen molar-refractivity contribution in [1.29, 1.82) is 0 Å². The molecule has 1 saturated heterocycles. The second-order valence-corrected chi connectivity index (χ2v) is 6.60. The Kier molecular flexibility index (Phi) is 5.67. The molecule has 0 radical (unpaired) electrons. The Bertz CT molecular complexity index is 484. The molecule has 0 N–H and O–H groups in total. The van der Waals surface area contributed by atoms with E-state index in [4.69, 9.17) is 0 Å². The van der Waals surface area contributed by atoms with Crippen LogP contribution in [0.4, 0.5) is 0 Å². The standard InChI is InChI=1S/C16H22N2O2S/c1-13(21-12-15-6-4-3-5-7-15)16(20)18-10-8-17(9-11-18)14(2)19/h3-7,13H,8-12H2,1-2H3. The summed E-state index contributed by atoms with van der Waals surface area (Å²) in [7, 11) is 0. The molecule has 0 spiro atoms. The maximum Gasteiger partial charge on any atom is 0.235 e. The molecule has 1 aliphatic heterocycles. The first kappa shape index (κ1) is 15.9. The summed E-state index contributed by atoms with van der Waals surface area (Å²) in [6, 6.07) is 10.2. The van der Waals surface area contributed by atoms with Crippen molar-refractivity contribution in [2.75, 3.05) is 26.2 Å². The van der Waals surface area contributed by atoms with Crippen LogP contribution in [0, 0.1) is 0 Å². The summed E-state index contributed by atoms with van der Waals surface area (Å²) in [5, 5.41) is -0.0471. The highest BCUT2D eigenvalue weighted by Crippen LogP contribution is 2.20. The Morgan fingerprint density at radius 1 is 1.10 bits per heavy atom. The van der Waals surface area contributed by atoms with Gasteiger partial charge in [0, 0.05) is 38.9 Å². The topological polar surface area (TPSA) is 40.6 Å². The van der Waals surface area contributed by atoms with Gasteiger partial charge in [0.2, 0.25) is 11.8 Å². The molecule has 2 rings (SSSR count). The van der Waals surface area contributed by atoms with Crippen molar-refractivity contribution in [2.45, 2.75) is 24.9 Å². The maximum absolute atomic E-state index is 12.4. The quantitative estimate of drug-likeness (QED) is 0.854. The smallest absolute Gasteiger partial charge is 0.235 e. The van der Waals surface area contributed by atoms with E-state index in [9.17, 15) is 9.59 Å². The highest BCUT2D eigenvalue weighted by atomic mass is 32.2. The van der Waals surface area contributed by atoms with Crippen LogP contribution in [0.1, 0.15) is 19.4 Å². The highest BCUT2D eigenvalue weighted by Gasteiger charge is 2.25. The Morgan fingerprint density at radius 2 is 1.67 bits per heavy atom. The molecule has 1 fully saturated rings. The molecule has 1 atom stereocenters. The second-order valence-electron chi connectivity index (χ2n) is 5.27. The Hall–Kier alpha value is -1.49. The van der Waals surface area contributed by atoms with Gasteiger partial charge >= 0.3 is 0 Å². The number of benzene rings is 1. The van der Waals surface area contributed by atoms with Gasteiger partial charge in [0.25, 0.3) is 0 Å². The van der Waals surface area contributed by atoms with Gasteiger partial charge in [-0.05, 0) is 12.5 Å². The van der Waals surface area contributed by atoms with E-state index in [1.54, 1.807) is 23.6 Å². The Morgan fingerprint density at radius 3 is 2.24 bits per heavy atom. The molecule has 114 valence electrons. The zero-order valence-electron chi connectivity index (χ0n) is 12.6. The summed E-state index contributed by atoms with van der Waals surface area (Å²) in [5.41, 5.74) is 1.24. The van der Waals surface area contributed by atoms with Gasteiger partial charge in [0.1, 0.15) is 0 Å². The first-order chi connectivity index (χ1) is 10.1. The number of piperazine rings is 1. The SMILES string of the molecule is CC(=O)N1CCN(C(=O)C(C)SCc2ccccc2)CC1. The van der Waals surface area contributed by atoms with Crippen LogP contribution < -0.4 is 0 Å². The molecule has 1 heterocycles. The van der Waals surface area contributed by atoms with E-state index in [0.717, 1.165) is 5.75 Å². The number of hydrogen-bond donors (Lipinski definition) is 0. The van der Waals surface area contributed by atoms with Crippen LogP contribution in [0.5, 0.6) is 0 Å². The lowest BCUT2D eigenvalue weighted by molar-refractivity contribution is -0.137. The van der Waals surface area contributed by atoms with Crippen LogP contribution in [-0.4, -0.2) is 53.0 Å². The van der Waals surface area contributed by atoms with Gasteiger partial charge in [0.05, 0.1) is 5.25 Å².